The van der Waals surface area contributed by atoms with Crippen LogP contribution in [0.5, 0.6) is 5.75 Å². The first kappa shape index (κ1) is 11.9. The fourth-order valence-corrected chi connectivity index (χ4v) is 2.04. The predicted molar refractivity (Wildman–Crippen MR) is 70.4 cm³/mol. The Hall–Kier alpha value is -1.54. The van der Waals surface area contributed by atoms with Gasteiger partial charge in [-0.2, -0.15) is 0 Å². The molecule has 0 aliphatic heterocycles. The Morgan fingerprint density at radius 1 is 1.18 bits per heavy atom. The van der Waals surface area contributed by atoms with Gasteiger partial charge in [-0.05, 0) is 30.2 Å². The van der Waals surface area contributed by atoms with Crippen molar-refractivity contribution in [2.75, 3.05) is 6.61 Å². The molecule has 2 aromatic rings. The van der Waals surface area contributed by atoms with E-state index in [1.165, 1.54) is 0 Å². The normalized spacial score (nSPS) is 12.6. The van der Waals surface area contributed by atoms with E-state index in [-0.39, 0.29) is 0 Å². The van der Waals surface area contributed by atoms with Crippen molar-refractivity contribution in [1.82, 2.24) is 0 Å². The van der Waals surface area contributed by atoms with Gasteiger partial charge in [0.15, 0.2) is 0 Å². The number of hydrogen-bond donors (Lipinski definition) is 1. The fourth-order valence-electron chi connectivity index (χ4n) is 2.04. The molecule has 0 radical (unpaired) electrons. The monoisotopic (exact) mass is 230 g/mol. The Kier molecular flexibility index (Phi) is 3.64. The van der Waals surface area contributed by atoms with E-state index in [2.05, 4.69) is 6.92 Å². The molecule has 2 heteroatoms. The van der Waals surface area contributed by atoms with Crippen LogP contribution < -0.4 is 4.74 Å². The van der Waals surface area contributed by atoms with Crippen LogP contribution in [0.2, 0.25) is 0 Å². The van der Waals surface area contributed by atoms with E-state index in [0.29, 0.717) is 6.61 Å². The van der Waals surface area contributed by atoms with E-state index >= 15 is 0 Å². The molecule has 2 nitrogen and oxygen atoms in total. The van der Waals surface area contributed by atoms with Gasteiger partial charge in [0.2, 0.25) is 0 Å². The molecule has 1 N–H and O–H groups in total. The van der Waals surface area contributed by atoms with Gasteiger partial charge in [-0.3, -0.25) is 0 Å². The zero-order valence-corrected chi connectivity index (χ0v) is 10.3. The van der Waals surface area contributed by atoms with Crippen LogP contribution in [0.15, 0.2) is 36.4 Å². The number of aliphatic hydroxyl groups excluding tert-OH is 1. The van der Waals surface area contributed by atoms with E-state index < -0.39 is 6.10 Å². The zero-order chi connectivity index (χ0) is 12.3. The lowest BCUT2D eigenvalue weighted by Crippen LogP contribution is -2.02. The average Bonchev–Trinajstić information content (AvgIpc) is 2.35. The minimum Gasteiger partial charge on any atom is -0.493 e. The number of hydrogen-bond acceptors (Lipinski definition) is 2. The second kappa shape index (κ2) is 5.19. The molecule has 17 heavy (non-hydrogen) atoms. The molecule has 0 bridgehead atoms. The van der Waals surface area contributed by atoms with Crippen molar-refractivity contribution < 1.29 is 9.84 Å². The van der Waals surface area contributed by atoms with Gasteiger partial charge < -0.3 is 9.84 Å². The summed E-state index contributed by atoms with van der Waals surface area (Å²) >= 11 is 0. The van der Waals surface area contributed by atoms with E-state index in [9.17, 15) is 5.11 Å². The molecule has 0 aromatic heterocycles. The summed E-state index contributed by atoms with van der Waals surface area (Å²) in [6.07, 6.45) is 0.444. The van der Waals surface area contributed by atoms with E-state index in [0.717, 1.165) is 28.5 Å². The van der Waals surface area contributed by atoms with Crippen molar-refractivity contribution in [2.24, 2.45) is 0 Å². The summed E-state index contributed by atoms with van der Waals surface area (Å²) in [5, 5.41) is 12.1. The quantitative estimate of drug-likeness (QED) is 0.868. The van der Waals surface area contributed by atoms with Gasteiger partial charge in [0.25, 0.3) is 0 Å². The van der Waals surface area contributed by atoms with Gasteiger partial charge in [0.1, 0.15) is 5.75 Å². The fraction of sp³-hybridized carbons (Fsp3) is 0.333. The molecule has 1 unspecified atom stereocenters. The van der Waals surface area contributed by atoms with Crippen molar-refractivity contribution in [3.8, 4) is 5.75 Å². The molecule has 0 aliphatic rings. The maximum absolute atomic E-state index is 9.92. The van der Waals surface area contributed by atoms with Crippen molar-refractivity contribution >= 4 is 10.8 Å². The minimum absolute atomic E-state index is 0.520. The largest absolute Gasteiger partial charge is 0.493 e. The lowest BCUT2D eigenvalue weighted by molar-refractivity contribution is 0.193. The molecule has 0 spiro atoms. The van der Waals surface area contributed by atoms with E-state index in [4.69, 9.17) is 4.74 Å². The van der Waals surface area contributed by atoms with Crippen LogP contribution in [-0.4, -0.2) is 11.7 Å². The third kappa shape index (κ3) is 2.42. The lowest BCUT2D eigenvalue weighted by atomic mass is 10.00. The Balaban J connectivity index is 2.56. The summed E-state index contributed by atoms with van der Waals surface area (Å²) in [6, 6.07) is 12.0. The van der Waals surface area contributed by atoms with Crippen LogP contribution in [0.25, 0.3) is 10.8 Å². The van der Waals surface area contributed by atoms with Gasteiger partial charge in [0, 0.05) is 5.56 Å². The van der Waals surface area contributed by atoms with Crippen molar-refractivity contribution in [1.29, 1.82) is 0 Å². The molecule has 0 saturated carbocycles. The maximum Gasteiger partial charge on any atom is 0.125 e. The van der Waals surface area contributed by atoms with Crippen LogP contribution in [0, 0.1) is 0 Å². The highest BCUT2D eigenvalue weighted by molar-refractivity contribution is 5.88. The third-order valence-electron chi connectivity index (χ3n) is 2.81. The summed E-state index contributed by atoms with van der Waals surface area (Å²) in [7, 11) is 0. The first-order valence-corrected chi connectivity index (χ1v) is 6.06. The second-order valence-corrected chi connectivity index (χ2v) is 4.22. The maximum atomic E-state index is 9.92. The van der Waals surface area contributed by atoms with E-state index in [1.807, 2.05) is 36.4 Å². The molecule has 0 heterocycles. The molecular weight excluding hydrogens is 212 g/mol. The SMILES string of the molecule is CCCOc1ccc2ccccc2c1C(C)O. The molecular formula is C15H18O2. The minimum atomic E-state index is -0.520. The molecule has 0 aliphatic carbocycles. The Morgan fingerprint density at radius 2 is 1.94 bits per heavy atom. The Morgan fingerprint density at radius 3 is 2.65 bits per heavy atom. The smallest absolute Gasteiger partial charge is 0.125 e. The number of rotatable bonds is 4. The number of fused-ring (bicyclic) bond motifs is 1. The molecule has 2 rings (SSSR count). The number of aliphatic hydroxyl groups is 1. The van der Waals surface area contributed by atoms with Crippen molar-refractivity contribution in [3.63, 3.8) is 0 Å². The van der Waals surface area contributed by atoms with E-state index in [1.54, 1.807) is 6.92 Å². The Bertz CT molecular complexity index is 503. The van der Waals surface area contributed by atoms with Crippen molar-refractivity contribution in [3.05, 3.63) is 42.0 Å². The first-order chi connectivity index (χ1) is 8.24. The van der Waals surface area contributed by atoms with Gasteiger partial charge in [0.05, 0.1) is 12.7 Å². The summed E-state index contributed by atoms with van der Waals surface area (Å²) < 4.78 is 5.70. The highest BCUT2D eigenvalue weighted by Gasteiger charge is 2.13. The molecule has 2 aromatic carbocycles. The van der Waals surface area contributed by atoms with Gasteiger partial charge >= 0.3 is 0 Å². The second-order valence-electron chi connectivity index (χ2n) is 4.22. The standard InChI is InChI=1S/C15H18O2/c1-3-10-17-14-9-8-12-6-4-5-7-13(12)15(14)11(2)16/h4-9,11,16H,3,10H2,1-2H3. The predicted octanol–water partition coefficient (Wildman–Crippen LogP) is 3.68. The number of benzene rings is 2. The number of ether oxygens (including phenoxy) is 1. The van der Waals surface area contributed by atoms with Gasteiger partial charge in [-0.15, -0.1) is 0 Å². The van der Waals surface area contributed by atoms with Crippen LogP contribution in [0.3, 0.4) is 0 Å². The average molecular weight is 230 g/mol. The highest BCUT2D eigenvalue weighted by Crippen LogP contribution is 2.33. The summed E-state index contributed by atoms with van der Waals surface area (Å²) in [5.41, 5.74) is 0.886. The zero-order valence-electron chi connectivity index (χ0n) is 10.3. The molecule has 1 atom stereocenters. The van der Waals surface area contributed by atoms with Crippen LogP contribution in [-0.2, 0) is 0 Å². The van der Waals surface area contributed by atoms with Crippen LogP contribution >= 0.6 is 0 Å². The third-order valence-corrected chi connectivity index (χ3v) is 2.81. The van der Waals surface area contributed by atoms with Gasteiger partial charge in [-0.1, -0.05) is 37.3 Å². The molecule has 0 amide bonds. The van der Waals surface area contributed by atoms with Gasteiger partial charge in [-0.25, -0.2) is 0 Å². The molecule has 0 fully saturated rings. The summed E-state index contributed by atoms with van der Waals surface area (Å²) in [5.74, 6) is 0.792. The lowest BCUT2D eigenvalue weighted by Gasteiger charge is -2.15. The molecule has 90 valence electrons. The van der Waals surface area contributed by atoms with Crippen LogP contribution in [0.4, 0.5) is 0 Å². The summed E-state index contributed by atoms with van der Waals surface area (Å²) in [4.78, 5) is 0. The molecule has 0 saturated heterocycles. The topological polar surface area (TPSA) is 29.5 Å². The Labute approximate surface area is 102 Å². The van der Waals surface area contributed by atoms with Crippen molar-refractivity contribution in [2.45, 2.75) is 26.4 Å². The van der Waals surface area contributed by atoms with Crippen LogP contribution in [0.1, 0.15) is 31.9 Å². The first-order valence-electron chi connectivity index (χ1n) is 6.06. The highest BCUT2D eigenvalue weighted by atomic mass is 16.5. The summed E-state index contributed by atoms with van der Waals surface area (Å²) in [6.45, 7) is 4.53.